The molecule has 3 rings (SSSR count). The highest BCUT2D eigenvalue weighted by molar-refractivity contribution is 5.82. The number of hydrogen-bond donors (Lipinski definition) is 0. The van der Waals surface area contributed by atoms with Crippen molar-refractivity contribution in [1.29, 1.82) is 0 Å². The van der Waals surface area contributed by atoms with E-state index >= 15 is 0 Å². The summed E-state index contributed by atoms with van der Waals surface area (Å²) >= 11 is 0. The fourth-order valence-electron chi connectivity index (χ4n) is 1.87. The molecule has 0 amide bonds. The van der Waals surface area contributed by atoms with E-state index in [1.807, 2.05) is 0 Å². The zero-order chi connectivity index (χ0) is 14.3. The summed E-state index contributed by atoms with van der Waals surface area (Å²) in [5, 5.41) is 19.0. The second kappa shape index (κ2) is 4.37. The number of benzene rings is 1. The highest BCUT2D eigenvalue weighted by atomic mass is 19.3. The summed E-state index contributed by atoms with van der Waals surface area (Å²) in [6.45, 7) is -2.75. The monoisotopic (exact) mass is 279 g/mol. The quantitative estimate of drug-likeness (QED) is 0.545. The highest BCUT2D eigenvalue weighted by Crippen LogP contribution is 2.23. The first kappa shape index (κ1) is 12.2. The topological polar surface area (TPSA) is 78.8 Å². The summed E-state index contributed by atoms with van der Waals surface area (Å²) < 4.78 is 26.8. The number of alkyl halides is 2. The molecule has 0 aliphatic heterocycles. The Hall–Kier alpha value is -2.84. The average molecular weight is 279 g/mol. The number of non-ortho nitro benzene ring substituents is 1. The van der Waals surface area contributed by atoms with Crippen molar-refractivity contribution in [2.45, 2.75) is 6.55 Å². The molecule has 0 aliphatic carbocycles. The van der Waals surface area contributed by atoms with Gasteiger partial charge >= 0.3 is 6.55 Å². The Bertz CT molecular complexity index is 795. The van der Waals surface area contributed by atoms with Gasteiger partial charge in [0.2, 0.25) is 0 Å². The Morgan fingerprint density at radius 2 is 2.05 bits per heavy atom. The van der Waals surface area contributed by atoms with Gasteiger partial charge in [-0.2, -0.15) is 19.0 Å². The molecule has 9 heteroatoms. The van der Waals surface area contributed by atoms with Crippen LogP contribution in [-0.4, -0.2) is 24.5 Å². The molecule has 2 aromatic heterocycles. The van der Waals surface area contributed by atoms with E-state index in [2.05, 4.69) is 10.2 Å². The molecule has 1 aromatic carbocycles. The standard InChI is InChI=1S/C11H7F2N5O2/c12-11(13)16-6-9(5-14-16)17-10-3-8(18(19)20)2-1-7(10)4-15-17/h1-6,11H. The van der Waals surface area contributed by atoms with Gasteiger partial charge in [-0.25, -0.2) is 9.36 Å². The predicted molar refractivity (Wildman–Crippen MR) is 64.8 cm³/mol. The second-order valence-electron chi connectivity index (χ2n) is 4.01. The Morgan fingerprint density at radius 3 is 2.70 bits per heavy atom. The molecule has 2 heterocycles. The maximum Gasteiger partial charge on any atom is 0.333 e. The normalized spacial score (nSPS) is 11.3. The van der Waals surface area contributed by atoms with Gasteiger partial charge in [0, 0.05) is 17.5 Å². The minimum atomic E-state index is -2.75. The first-order valence-corrected chi connectivity index (χ1v) is 5.51. The fourth-order valence-corrected chi connectivity index (χ4v) is 1.87. The van der Waals surface area contributed by atoms with Crippen molar-refractivity contribution >= 4 is 16.6 Å². The highest BCUT2D eigenvalue weighted by Gasteiger charge is 2.14. The van der Waals surface area contributed by atoms with E-state index in [-0.39, 0.29) is 5.69 Å². The summed E-state index contributed by atoms with van der Waals surface area (Å²) in [5.74, 6) is 0. The molecule has 0 fully saturated rings. The Labute approximate surface area is 110 Å². The number of rotatable bonds is 3. The third-order valence-electron chi connectivity index (χ3n) is 2.80. The van der Waals surface area contributed by atoms with Crippen LogP contribution in [0.1, 0.15) is 6.55 Å². The number of aromatic nitrogens is 4. The predicted octanol–water partition coefficient (Wildman–Crippen LogP) is 2.53. The van der Waals surface area contributed by atoms with Crippen LogP contribution in [0.2, 0.25) is 0 Å². The molecule has 3 aromatic rings. The molecular formula is C11H7F2N5O2. The lowest BCUT2D eigenvalue weighted by Gasteiger charge is -1.99. The molecule has 20 heavy (non-hydrogen) atoms. The largest absolute Gasteiger partial charge is 0.333 e. The first-order chi connectivity index (χ1) is 9.56. The summed E-state index contributed by atoms with van der Waals surface area (Å²) in [6, 6.07) is 4.24. The Balaban J connectivity index is 2.14. The van der Waals surface area contributed by atoms with Gasteiger partial charge in [-0.3, -0.25) is 10.1 Å². The van der Waals surface area contributed by atoms with Crippen molar-refractivity contribution in [3.05, 3.63) is 46.9 Å². The van der Waals surface area contributed by atoms with E-state index in [9.17, 15) is 18.9 Å². The smallest absolute Gasteiger partial charge is 0.258 e. The number of fused-ring (bicyclic) bond motifs is 1. The first-order valence-electron chi connectivity index (χ1n) is 5.51. The summed E-state index contributed by atoms with van der Waals surface area (Å²) in [7, 11) is 0. The zero-order valence-corrected chi connectivity index (χ0v) is 9.85. The van der Waals surface area contributed by atoms with Gasteiger partial charge in [0.15, 0.2) is 0 Å². The Kier molecular flexibility index (Phi) is 2.67. The van der Waals surface area contributed by atoms with Crippen molar-refractivity contribution in [2.24, 2.45) is 0 Å². The number of hydrogen-bond acceptors (Lipinski definition) is 4. The number of nitrogens with zero attached hydrogens (tertiary/aromatic N) is 5. The van der Waals surface area contributed by atoms with Crippen LogP contribution < -0.4 is 0 Å². The van der Waals surface area contributed by atoms with Crippen molar-refractivity contribution in [3.63, 3.8) is 0 Å². The van der Waals surface area contributed by atoms with Crippen molar-refractivity contribution in [3.8, 4) is 5.69 Å². The van der Waals surface area contributed by atoms with E-state index in [0.29, 0.717) is 21.3 Å². The summed E-state index contributed by atoms with van der Waals surface area (Å²) in [5.41, 5.74) is 0.661. The summed E-state index contributed by atoms with van der Waals surface area (Å²) in [6.07, 6.45) is 3.84. The second-order valence-corrected chi connectivity index (χ2v) is 4.01. The third kappa shape index (κ3) is 1.88. The molecule has 0 saturated heterocycles. The molecule has 0 aliphatic rings. The van der Waals surface area contributed by atoms with Crippen molar-refractivity contribution in [2.75, 3.05) is 0 Å². The minimum absolute atomic E-state index is 0.0968. The van der Waals surface area contributed by atoms with E-state index < -0.39 is 11.5 Å². The van der Waals surface area contributed by atoms with Crippen LogP contribution in [-0.2, 0) is 0 Å². The molecule has 7 nitrogen and oxygen atoms in total. The molecule has 0 unspecified atom stereocenters. The molecule has 0 atom stereocenters. The fraction of sp³-hybridized carbons (Fsp3) is 0.0909. The third-order valence-corrected chi connectivity index (χ3v) is 2.80. The van der Waals surface area contributed by atoms with Gasteiger partial charge in [-0.1, -0.05) is 0 Å². The van der Waals surface area contributed by atoms with E-state index in [4.69, 9.17) is 0 Å². The minimum Gasteiger partial charge on any atom is -0.258 e. The van der Waals surface area contributed by atoms with Crippen LogP contribution in [0.15, 0.2) is 36.8 Å². The van der Waals surface area contributed by atoms with Gasteiger partial charge < -0.3 is 0 Å². The van der Waals surface area contributed by atoms with Crippen LogP contribution in [0.25, 0.3) is 16.6 Å². The SMILES string of the molecule is O=[N+]([O-])c1ccc2cnn(-c3cnn(C(F)F)c3)c2c1. The lowest BCUT2D eigenvalue weighted by molar-refractivity contribution is -0.384. The van der Waals surface area contributed by atoms with Crippen LogP contribution in [0.3, 0.4) is 0 Å². The number of halogens is 2. The average Bonchev–Trinajstić information content (AvgIpc) is 3.03. The van der Waals surface area contributed by atoms with Gasteiger partial charge in [0.05, 0.1) is 29.0 Å². The van der Waals surface area contributed by atoms with Crippen LogP contribution in [0.4, 0.5) is 14.5 Å². The molecule has 0 bridgehead atoms. The molecule has 0 N–H and O–H groups in total. The van der Waals surface area contributed by atoms with Crippen molar-refractivity contribution in [1.82, 2.24) is 19.6 Å². The van der Waals surface area contributed by atoms with Gasteiger partial charge in [-0.05, 0) is 6.07 Å². The van der Waals surface area contributed by atoms with E-state index in [1.54, 1.807) is 6.07 Å². The molecular weight excluding hydrogens is 272 g/mol. The maximum atomic E-state index is 12.5. The van der Waals surface area contributed by atoms with Gasteiger partial charge in [-0.15, -0.1) is 0 Å². The van der Waals surface area contributed by atoms with Gasteiger partial charge in [0.1, 0.15) is 5.69 Å². The Morgan fingerprint density at radius 1 is 1.25 bits per heavy atom. The maximum absolute atomic E-state index is 12.5. The molecule has 0 radical (unpaired) electrons. The van der Waals surface area contributed by atoms with Crippen LogP contribution in [0, 0.1) is 10.1 Å². The zero-order valence-electron chi connectivity index (χ0n) is 9.85. The van der Waals surface area contributed by atoms with Crippen LogP contribution in [0.5, 0.6) is 0 Å². The number of nitro benzene ring substituents is 1. The lowest BCUT2D eigenvalue weighted by Crippen LogP contribution is -1.98. The van der Waals surface area contributed by atoms with Crippen molar-refractivity contribution < 1.29 is 13.7 Å². The lowest BCUT2D eigenvalue weighted by atomic mass is 10.2. The molecule has 102 valence electrons. The molecule has 0 spiro atoms. The van der Waals surface area contributed by atoms with Crippen LogP contribution >= 0.6 is 0 Å². The number of nitro groups is 1. The van der Waals surface area contributed by atoms with E-state index in [1.165, 1.54) is 29.2 Å². The van der Waals surface area contributed by atoms with E-state index in [0.717, 1.165) is 6.20 Å². The molecule has 0 saturated carbocycles. The van der Waals surface area contributed by atoms with Gasteiger partial charge in [0.25, 0.3) is 5.69 Å². The summed E-state index contributed by atoms with van der Waals surface area (Å²) in [4.78, 5) is 10.2.